The van der Waals surface area contributed by atoms with Gasteiger partial charge in [-0.05, 0) is 54.2 Å². The van der Waals surface area contributed by atoms with Gasteiger partial charge in [0.1, 0.15) is 12.6 Å². The highest BCUT2D eigenvalue weighted by molar-refractivity contribution is 7.92. The number of carbonyl (C=O) groups is 2. The van der Waals surface area contributed by atoms with Crippen molar-refractivity contribution < 1.29 is 18.0 Å². The fraction of sp³-hybridized carbons (Fsp3) is 0.355. The molecule has 2 amide bonds. The van der Waals surface area contributed by atoms with E-state index in [2.05, 4.69) is 5.32 Å². The second-order valence-corrected chi connectivity index (χ2v) is 13.3. The number of para-hydroxylation sites is 1. The number of hydrogen-bond donors (Lipinski definition) is 1. The lowest BCUT2D eigenvalue weighted by Gasteiger charge is -2.34. The average Bonchev–Trinajstić information content (AvgIpc) is 2.90. The van der Waals surface area contributed by atoms with Gasteiger partial charge >= 0.3 is 0 Å². The second-order valence-electron chi connectivity index (χ2n) is 10.6. The molecule has 0 fully saturated rings. The first-order valence-corrected chi connectivity index (χ1v) is 16.0. The average molecular weight is 619 g/mol. The number of amides is 2. The number of carbonyl (C=O) groups excluding carboxylic acids is 2. The van der Waals surface area contributed by atoms with Gasteiger partial charge in [-0.15, -0.1) is 0 Å². The number of halogens is 2. The molecule has 0 bridgehead atoms. The minimum absolute atomic E-state index is 0.0205. The SMILES string of the molecule is Cc1cccc(C)c1N(CC(=O)N(Cc1ccc(Cl)c(Cl)c1)C(Cc1ccccc1)C(=O)NCC(C)C)S(C)(=O)=O. The van der Waals surface area contributed by atoms with Gasteiger partial charge < -0.3 is 10.2 Å². The van der Waals surface area contributed by atoms with Crippen LogP contribution in [0.2, 0.25) is 10.0 Å². The molecular weight excluding hydrogens is 581 g/mol. The summed E-state index contributed by atoms with van der Waals surface area (Å²) in [5.74, 6) is -0.654. The number of aryl methyl sites for hydroxylation is 2. The van der Waals surface area contributed by atoms with Crippen LogP contribution in [0.3, 0.4) is 0 Å². The summed E-state index contributed by atoms with van der Waals surface area (Å²) in [6.07, 6.45) is 1.31. The van der Waals surface area contributed by atoms with E-state index in [0.717, 1.165) is 27.3 Å². The van der Waals surface area contributed by atoms with Crippen molar-refractivity contribution in [2.45, 2.75) is 46.7 Å². The number of hydrogen-bond acceptors (Lipinski definition) is 4. The van der Waals surface area contributed by atoms with Crippen LogP contribution in [0, 0.1) is 19.8 Å². The van der Waals surface area contributed by atoms with E-state index in [1.807, 2.05) is 50.2 Å². The molecule has 3 rings (SSSR count). The Morgan fingerprint density at radius 2 is 1.51 bits per heavy atom. The Labute approximate surface area is 253 Å². The van der Waals surface area contributed by atoms with Crippen LogP contribution in [0.1, 0.15) is 36.1 Å². The summed E-state index contributed by atoms with van der Waals surface area (Å²) in [4.78, 5) is 29.3. The first-order valence-electron chi connectivity index (χ1n) is 13.4. The third-order valence-electron chi connectivity index (χ3n) is 6.66. The molecule has 41 heavy (non-hydrogen) atoms. The van der Waals surface area contributed by atoms with E-state index in [0.29, 0.717) is 27.8 Å². The Morgan fingerprint density at radius 3 is 2.07 bits per heavy atom. The van der Waals surface area contributed by atoms with E-state index in [9.17, 15) is 18.0 Å². The normalized spacial score (nSPS) is 12.2. The lowest BCUT2D eigenvalue weighted by atomic mass is 10.0. The Bertz CT molecular complexity index is 1460. The molecule has 0 radical (unpaired) electrons. The monoisotopic (exact) mass is 617 g/mol. The third-order valence-corrected chi connectivity index (χ3v) is 8.51. The maximum absolute atomic E-state index is 14.2. The van der Waals surface area contributed by atoms with Gasteiger partial charge in [0.15, 0.2) is 0 Å². The smallest absolute Gasteiger partial charge is 0.244 e. The molecule has 0 saturated heterocycles. The first-order chi connectivity index (χ1) is 19.3. The molecule has 0 aliphatic carbocycles. The van der Waals surface area contributed by atoms with Gasteiger partial charge in [-0.25, -0.2) is 8.42 Å². The fourth-order valence-electron chi connectivity index (χ4n) is 4.59. The van der Waals surface area contributed by atoms with Gasteiger partial charge in [-0.1, -0.05) is 91.6 Å². The summed E-state index contributed by atoms with van der Waals surface area (Å²) in [5, 5.41) is 3.64. The number of nitrogens with zero attached hydrogens (tertiary/aromatic N) is 2. The molecule has 7 nitrogen and oxygen atoms in total. The van der Waals surface area contributed by atoms with Crippen LogP contribution in [0.15, 0.2) is 66.7 Å². The van der Waals surface area contributed by atoms with Crippen molar-refractivity contribution in [3.63, 3.8) is 0 Å². The van der Waals surface area contributed by atoms with Crippen LogP contribution in [-0.2, 0) is 32.6 Å². The van der Waals surface area contributed by atoms with Crippen molar-refractivity contribution >= 4 is 50.7 Å². The first kappa shape index (κ1) is 32.4. The minimum Gasteiger partial charge on any atom is -0.354 e. The molecule has 3 aromatic carbocycles. The van der Waals surface area contributed by atoms with Crippen molar-refractivity contribution in [2.75, 3.05) is 23.7 Å². The van der Waals surface area contributed by atoms with Crippen LogP contribution in [0.4, 0.5) is 5.69 Å². The van der Waals surface area contributed by atoms with Gasteiger partial charge in [0.05, 0.1) is 22.0 Å². The molecule has 1 N–H and O–H groups in total. The minimum atomic E-state index is -3.86. The highest BCUT2D eigenvalue weighted by Gasteiger charge is 2.33. The highest BCUT2D eigenvalue weighted by Crippen LogP contribution is 2.28. The zero-order valence-corrected chi connectivity index (χ0v) is 26.4. The quantitative estimate of drug-likeness (QED) is 0.279. The van der Waals surface area contributed by atoms with E-state index in [1.165, 1.54) is 4.90 Å². The van der Waals surface area contributed by atoms with Gasteiger partial charge in [0, 0.05) is 19.5 Å². The summed E-state index contributed by atoms with van der Waals surface area (Å²) in [7, 11) is -3.86. The predicted molar refractivity (Wildman–Crippen MR) is 167 cm³/mol. The Hall–Kier alpha value is -3.07. The number of anilines is 1. The van der Waals surface area contributed by atoms with Crippen LogP contribution in [-0.4, -0.2) is 50.5 Å². The van der Waals surface area contributed by atoms with Crippen LogP contribution in [0.25, 0.3) is 0 Å². The fourth-order valence-corrected chi connectivity index (χ4v) is 5.87. The van der Waals surface area contributed by atoms with Gasteiger partial charge in [-0.2, -0.15) is 0 Å². The molecule has 1 atom stereocenters. The summed E-state index contributed by atoms with van der Waals surface area (Å²) < 4.78 is 27.2. The van der Waals surface area contributed by atoms with Gasteiger partial charge in [0.25, 0.3) is 0 Å². The highest BCUT2D eigenvalue weighted by atomic mass is 35.5. The van der Waals surface area contributed by atoms with Crippen molar-refractivity contribution in [1.29, 1.82) is 0 Å². The molecule has 0 aliphatic heterocycles. The van der Waals surface area contributed by atoms with E-state index in [4.69, 9.17) is 23.2 Å². The Morgan fingerprint density at radius 1 is 0.878 bits per heavy atom. The molecule has 0 aromatic heterocycles. The predicted octanol–water partition coefficient (Wildman–Crippen LogP) is 5.79. The van der Waals surface area contributed by atoms with Gasteiger partial charge in [0.2, 0.25) is 21.8 Å². The molecule has 1 unspecified atom stereocenters. The Balaban J connectivity index is 2.10. The van der Waals surface area contributed by atoms with Crippen LogP contribution in [0.5, 0.6) is 0 Å². The topological polar surface area (TPSA) is 86.8 Å². The van der Waals surface area contributed by atoms with Crippen LogP contribution >= 0.6 is 23.2 Å². The van der Waals surface area contributed by atoms with Crippen molar-refractivity contribution in [2.24, 2.45) is 5.92 Å². The maximum atomic E-state index is 14.2. The molecule has 10 heteroatoms. The largest absolute Gasteiger partial charge is 0.354 e. The second kappa shape index (κ2) is 14.2. The standard InChI is InChI=1S/C31H37Cl2N3O4S/c1-21(2)18-34-31(38)28(17-24-12-7-6-8-13-24)35(19-25-14-15-26(32)27(33)16-25)29(37)20-36(41(5,39)40)30-22(3)10-9-11-23(30)4/h6-16,21,28H,17-20H2,1-5H3,(H,34,38). The summed E-state index contributed by atoms with van der Waals surface area (Å²) in [5.41, 5.74) is 3.39. The maximum Gasteiger partial charge on any atom is 0.244 e. The summed E-state index contributed by atoms with van der Waals surface area (Å²) in [6.45, 7) is 7.55. The molecule has 220 valence electrons. The number of sulfonamides is 1. The van der Waals surface area contributed by atoms with E-state index in [1.54, 1.807) is 44.2 Å². The lowest BCUT2D eigenvalue weighted by molar-refractivity contribution is -0.140. The molecule has 0 spiro atoms. The molecular formula is C31H37Cl2N3O4S. The lowest BCUT2D eigenvalue weighted by Crippen LogP contribution is -2.53. The zero-order chi connectivity index (χ0) is 30.3. The van der Waals surface area contributed by atoms with E-state index >= 15 is 0 Å². The van der Waals surface area contributed by atoms with Crippen molar-refractivity contribution in [3.8, 4) is 0 Å². The number of rotatable bonds is 12. The van der Waals surface area contributed by atoms with Crippen molar-refractivity contribution in [1.82, 2.24) is 10.2 Å². The summed E-state index contributed by atoms with van der Waals surface area (Å²) in [6, 6.07) is 18.9. The molecule has 0 saturated carbocycles. The Kier molecular flexibility index (Phi) is 11.2. The van der Waals surface area contributed by atoms with Crippen molar-refractivity contribution in [3.05, 3.63) is 99.0 Å². The number of nitrogens with one attached hydrogen (secondary N) is 1. The van der Waals surface area contributed by atoms with Crippen LogP contribution < -0.4 is 9.62 Å². The molecule has 3 aromatic rings. The number of benzene rings is 3. The van der Waals surface area contributed by atoms with E-state index in [-0.39, 0.29) is 24.8 Å². The van der Waals surface area contributed by atoms with Gasteiger partial charge in [-0.3, -0.25) is 13.9 Å². The summed E-state index contributed by atoms with van der Waals surface area (Å²) >= 11 is 12.4. The zero-order valence-electron chi connectivity index (χ0n) is 24.0. The molecule has 0 heterocycles. The third kappa shape index (κ3) is 8.96. The van der Waals surface area contributed by atoms with E-state index < -0.39 is 28.5 Å². The molecule has 0 aliphatic rings.